The molecule has 0 aliphatic carbocycles. The van der Waals surface area contributed by atoms with Gasteiger partial charge < -0.3 is 10.4 Å². The van der Waals surface area contributed by atoms with Crippen LogP contribution < -0.4 is 5.32 Å². The summed E-state index contributed by atoms with van der Waals surface area (Å²) in [6, 6.07) is 12.0. The Labute approximate surface area is 129 Å². The summed E-state index contributed by atoms with van der Waals surface area (Å²) in [5.41, 5.74) is 1.98. The van der Waals surface area contributed by atoms with Crippen molar-refractivity contribution >= 4 is 22.9 Å². The van der Waals surface area contributed by atoms with E-state index in [0.717, 1.165) is 36.9 Å². The van der Waals surface area contributed by atoms with E-state index in [1.54, 1.807) is 11.3 Å². The van der Waals surface area contributed by atoms with Crippen LogP contribution in [-0.4, -0.2) is 17.6 Å². The number of anilines is 1. The first-order chi connectivity index (χ1) is 10.3. The molecule has 4 heteroatoms. The number of rotatable bonds is 8. The first-order valence-electron chi connectivity index (χ1n) is 7.30. The molecule has 112 valence electrons. The Bertz CT molecular complexity index is 552. The molecule has 2 aromatic rings. The molecule has 0 saturated carbocycles. The Morgan fingerprint density at radius 1 is 1.14 bits per heavy atom. The van der Waals surface area contributed by atoms with Gasteiger partial charge in [0.05, 0.1) is 0 Å². The van der Waals surface area contributed by atoms with Gasteiger partial charge in [-0.05, 0) is 54.8 Å². The predicted molar refractivity (Wildman–Crippen MR) is 87.7 cm³/mol. The van der Waals surface area contributed by atoms with E-state index in [1.165, 1.54) is 4.88 Å². The van der Waals surface area contributed by atoms with Gasteiger partial charge in [-0.3, -0.25) is 4.79 Å². The molecule has 0 aliphatic rings. The number of aryl methyl sites for hydroxylation is 2. The predicted octanol–water partition coefficient (Wildman–Crippen LogP) is 3.63. The summed E-state index contributed by atoms with van der Waals surface area (Å²) in [5, 5.41) is 13.9. The Balaban J connectivity index is 1.76. The van der Waals surface area contributed by atoms with E-state index >= 15 is 0 Å². The fourth-order valence-electron chi connectivity index (χ4n) is 2.19. The molecule has 1 aromatic heterocycles. The minimum Gasteiger partial charge on any atom is -0.396 e. The number of carbonyl (C=O) groups excluding carboxylic acids is 1. The van der Waals surface area contributed by atoms with Crippen LogP contribution in [0.3, 0.4) is 0 Å². The lowest BCUT2D eigenvalue weighted by Crippen LogP contribution is -2.11. The number of amides is 1. The molecule has 0 spiro atoms. The van der Waals surface area contributed by atoms with Gasteiger partial charge in [-0.15, -0.1) is 11.3 Å². The lowest BCUT2D eigenvalue weighted by Gasteiger charge is -2.07. The molecule has 1 aromatic carbocycles. The van der Waals surface area contributed by atoms with Crippen LogP contribution in [0.15, 0.2) is 41.8 Å². The van der Waals surface area contributed by atoms with Crippen LogP contribution in [0.2, 0.25) is 0 Å². The standard InChI is InChI=1S/C17H21NO2S/c19-11-3-6-14-5-1-7-15(13-14)18-17(20)10-2-8-16-9-4-12-21-16/h1,4-5,7,9,12-13,19H,2-3,6,8,10-11H2,(H,18,20). The smallest absolute Gasteiger partial charge is 0.224 e. The molecule has 0 atom stereocenters. The third-order valence-electron chi connectivity index (χ3n) is 3.24. The van der Waals surface area contributed by atoms with E-state index in [2.05, 4.69) is 16.8 Å². The van der Waals surface area contributed by atoms with Crippen LogP contribution in [0.4, 0.5) is 5.69 Å². The Morgan fingerprint density at radius 3 is 2.81 bits per heavy atom. The highest BCUT2D eigenvalue weighted by atomic mass is 32.1. The zero-order valence-electron chi connectivity index (χ0n) is 12.0. The van der Waals surface area contributed by atoms with E-state index in [0.29, 0.717) is 6.42 Å². The molecule has 0 radical (unpaired) electrons. The summed E-state index contributed by atoms with van der Waals surface area (Å²) in [6.45, 7) is 0.194. The van der Waals surface area contributed by atoms with Crippen LogP contribution in [0.1, 0.15) is 29.7 Å². The van der Waals surface area contributed by atoms with Crippen LogP contribution in [0.5, 0.6) is 0 Å². The number of nitrogens with one attached hydrogen (secondary N) is 1. The van der Waals surface area contributed by atoms with E-state index < -0.39 is 0 Å². The van der Waals surface area contributed by atoms with Crippen molar-refractivity contribution in [1.82, 2.24) is 0 Å². The second-order valence-corrected chi connectivity index (χ2v) is 6.04. The number of aliphatic hydroxyl groups excluding tert-OH is 1. The molecule has 0 saturated heterocycles. The minimum atomic E-state index is 0.0610. The summed E-state index contributed by atoms with van der Waals surface area (Å²) in [7, 11) is 0. The number of benzene rings is 1. The van der Waals surface area contributed by atoms with Crippen molar-refractivity contribution in [3.63, 3.8) is 0 Å². The summed E-state index contributed by atoms with van der Waals surface area (Å²) in [6.07, 6.45) is 3.95. The van der Waals surface area contributed by atoms with Crippen molar-refractivity contribution in [3.8, 4) is 0 Å². The summed E-state index contributed by atoms with van der Waals surface area (Å²) in [5.74, 6) is 0.0610. The van der Waals surface area contributed by atoms with Crippen LogP contribution in [0.25, 0.3) is 0 Å². The summed E-state index contributed by atoms with van der Waals surface area (Å²) >= 11 is 1.74. The zero-order chi connectivity index (χ0) is 14.9. The average Bonchev–Trinajstić information content (AvgIpc) is 2.99. The van der Waals surface area contributed by atoms with Crippen molar-refractivity contribution in [2.75, 3.05) is 11.9 Å². The molecule has 0 bridgehead atoms. The maximum absolute atomic E-state index is 11.9. The molecule has 0 unspecified atom stereocenters. The minimum absolute atomic E-state index is 0.0610. The van der Waals surface area contributed by atoms with Crippen molar-refractivity contribution in [1.29, 1.82) is 0 Å². The number of hydrogen-bond donors (Lipinski definition) is 2. The molecule has 21 heavy (non-hydrogen) atoms. The maximum atomic E-state index is 11.9. The van der Waals surface area contributed by atoms with Gasteiger partial charge >= 0.3 is 0 Å². The molecular weight excluding hydrogens is 282 g/mol. The van der Waals surface area contributed by atoms with Crippen LogP contribution in [-0.2, 0) is 17.6 Å². The first-order valence-corrected chi connectivity index (χ1v) is 8.18. The number of carbonyl (C=O) groups is 1. The Kier molecular flexibility index (Phi) is 6.44. The molecule has 1 heterocycles. The summed E-state index contributed by atoms with van der Waals surface area (Å²) < 4.78 is 0. The van der Waals surface area contributed by atoms with Gasteiger partial charge in [0.25, 0.3) is 0 Å². The first kappa shape index (κ1) is 15.7. The van der Waals surface area contributed by atoms with Gasteiger partial charge in [-0.1, -0.05) is 18.2 Å². The molecule has 0 aliphatic heterocycles. The van der Waals surface area contributed by atoms with E-state index in [9.17, 15) is 4.79 Å². The number of hydrogen-bond acceptors (Lipinski definition) is 3. The van der Waals surface area contributed by atoms with Gasteiger partial charge in [0.15, 0.2) is 0 Å². The maximum Gasteiger partial charge on any atom is 0.224 e. The highest BCUT2D eigenvalue weighted by Gasteiger charge is 2.04. The lowest BCUT2D eigenvalue weighted by atomic mass is 10.1. The van der Waals surface area contributed by atoms with Crippen molar-refractivity contribution in [2.45, 2.75) is 32.1 Å². The molecule has 0 fully saturated rings. The second kappa shape index (κ2) is 8.60. The SMILES string of the molecule is O=C(CCCc1cccs1)Nc1cccc(CCCO)c1. The van der Waals surface area contributed by atoms with Crippen molar-refractivity contribution in [2.24, 2.45) is 0 Å². The van der Waals surface area contributed by atoms with E-state index in [4.69, 9.17) is 5.11 Å². The van der Waals surface area contributed by atoms with Gasteiger partial charge in [0.2, 0.25) is 5.91 Å². The molecule has 2 rings (SSSR count). The zero-order valence-corrected chi connectivity index (χ0v) is 12.9. The monoisotopic (exact) mass is 303 g/mol. The second-order valence-electron chi connectivity index (χ2n) is 5.01. The van der Waals surface area contributed by atoms with Gasteiger partial charge in [-0.25, -0.2) is 0 Å². The normalized spacial score (nSPS) is 10.5. The lowest BCUT2D eigenvalue weighted by molar-refractivity contribution is -0.116. The highest BCUT2D eigenvalue weighted by Crippen LogP contribution is 2.14. The molecule has 1 amide bonds. The van der Waals surface area contributed by atoms with Crippen LogP contribution >= 0.6 is 11.3 Å². The topological polar surface area (TPSA) is 49.3 Å². The van der Waals surface area contributed by atoms with Crippen molar-refractivity contribution in [3.05, 3.63) is 52.2 Å². The molecular formula is C17H21NO2S. The van der Waals surface area contributed by atoms with Gasteiger partial charge in [-0.2, -0.15) is 0 Å². The molecule has 2 N–H and O–H groups in total. The van der Waals surface area contributed by atoms with E-state index in [-0.39, 0.29) is 12.5 Å². The summed E-state index contributed by atoms with van der Waals surface area (Å²) in [4.78, 5) is 13.2. The number of aliphatic hydroxyl groups is 1. The van der Waals surface area contributed by atoms with E-state index in [1.807, 2.05) is 30.3 Å². The average molecular weight is 303 g/mol. The van der Waals surface area contributed by atoms with Crippen LogP contribution in [0, 0.1) is 0 Å². The Hall–Kier alpha value is -1.65. The Morgan fingerprint density at radius 2 is 2.05 bits per heavy atom. The molecule has 3 nitrogen and oxygen atoms in total. The quantitative estimate of drug-likeness (QED) is 0.782. The fourth-order valence-corrected chi connectivity index (χ4v) is 2.94. The third kappa shape index (κ3) is 5.69. The fraction of sp³-hybridized carbons (Fsp3) is 0.353. The van der Waals surface area contributed by atoms with Gasteiger partial charge in [0, 0.05) is 23.6 Å². The highest BCUT2D eigenvalue weighted by molar-refractivity contribution is 7.09. The van der Waals surface area contributed by atoms with Crippen molar-refractivity contribution < 1.29 is 9.90 Å². The largest absolute Gasteiger partial charge is 0.396 e. The van der Waals surface area contributed by atoms with Gasteiger partial charge in [0.1, 0.15) is 0 Å². The third-order valence-corrected chi connectivity index (χ3v) is 4.18. The number of thiophene rings is 1.